The first-order valence-corrected chi connectivity index (χ1v) is 7.32. The molecule has 3 atom stereocenters. The molecule has 2 heteroatoms. The highest BCUT2D eigenvalue weighted by Gasteiger charge is 2.35. The zero-order valence-corrected chi connectivity index (χ0v) is 11.0. The van der Waals surface area contributed by atoms with Crippen LogP contribution in [0.25, 0.3) is 0 Å². The first-order chi connectivity index (χ1) is 7.85. The summed E-state index contributed by atoms with van der Waals surface area (Å²) in [5.41, 5.74) is 0. The van der Waals surface area contributed by atoms with Crippen molar-refractivity contribution in [2.75, 3.05) is 19.6 Å². The molecule has 1 heterocycles. The van der Waals surface area contributed by atoms with Crippen molar-refractivity contribution >= 4 is 0 Å². The van der Waals surface area contributed by atoms with Gasteiger partial charge in [-0.05, 0) is 44.7 Å². The molecule has 0 spiro atoms. The summed E-state index contributed by atoms with van der Waals surface area (Å²) in [6.07, 6.45) is 8.65. The zero-order valence-electron chi connectivity index (χ0n) is 11.0. The standard InChI is InChI=1S/C14H28N2/c1-3-13(15-4-2)11-16-10-9-12-7-5-6-8-14(12)16/h12-15H,3-11H2,1-2H3. The first-order valence-electron chi connectivity index (χ1n) is 7.32. The lowest BCUT2D eigenvalue weighted by Crippen LogP contribution is -2.44. The number of hydrogen-bond donors (Lipinski definition) is 1. The normalized spacial score (nSPS) is 32.6. The number of fused-ring (bicyclic) bond motifs is 1. The Morgan fingerprint density at radius 1 is 1.19 bits per heavy atom. The van der Waals surface area contributed by atoms with E-state index in [-0.39, 0.29) is 0 Å². The molecule has 0 bridgehead atoms. The van der Waals surface area contributed by atoms with Gasteiger partial charge in [-0.15, -0.1) is 0 Å². The van der Waals surface area contributed by atoms with Crippen LogP contribution < -0.4 is 5.32 Å². The smallest absolute Gasteiger partial charge is 0.0192 e. The third-order valence-electron chi connectivity index (χ3n) is 4.57. The minimum Gasteiger partial charge on any atom is -0.313 e. The predicted molar refractivity (Wildman–Crippen MR) is 69.7 cm³/mol. The van der Waals surface area contributed by atoms with Gasteiger partial charge in [0.25, 0.3) is 0 Å². The van der Waals surface area contributed by atoms with E-state index in [9.17, 15) is 0 Å². The molecule has 1 aliphatic carbocycles. The van der Waals surface area contributed by atoms with Gasteiger partial charge in [-0.2, -0.15) is 0 Å². The van der Waals surface area contributed by atoms with Crippen molar-refractivity contribution in [3.05, 3.63) is 0 Å². The van der Waals surface area contributed by atoms with Crippen LogP contribution in [0.3, 0.4) is 0 Å². The molecular weight excluding hydrogens is 196 g/mol. The summed E-state index contributed by atoms with van der Waals surface area (Å²) in [5.74, 6) is 1.04. The van der Waals surface area contributed by atoms with Crippen LogP contribution in [0.4, 0.5) is 0 Å². The molecule has 0 radical (unpaired) electrons. The maximum atomic E-state index is 3.61. The molecule has 1 aliphatic heterocycles. The van der Waals surface area contributed by atoms with Crippen LogP contribution in [-0.4, -0.2) is 36.6 Å². The number of nitrogens with one attached hydrogen (secondary N) is 1. The van der Waals surface area contributed by atoms with E-state index in [1.54, 1.807) is 0 Å². The summed E-state index contributed by atoms with van der Waals surface area (Å²) >= 11 is 0. The molecule has 1 saturated heterocycles. The lowest BCUT2D eigenvalue weighted by molar-refractivity contribution is 0.166. The third-order valence-corrected chi connectivity index (χ3v) is 4.57. The Hall–Kier alpha value is -0.0800. The van der Waals surface area contributed by atoms with E-state index in [4.69, 9.17) is 0 Å². The first kappa shape index (κ1) is 12.4. The van der Waals surface area contributed by atoms with E-state index in [2.05, 4.69) is 24.1 Å². The van der Waals surface area contributed by atoms with Gasteiger partial charge >= 0.3 is 0 Å². The van der Waals surface area contributed by atoms with Crippen molar-refractivity contribution in [3.8, 4) is 0 Å². The maximum Gasteiger partial charge on any atom is 0.0192 e. The topological polar surface area (TPSA) is 15.3 Å². The second-order valence-electron chi connectivity index (χ2n) is 5.56. The average molecular weight is 224 g/mol. The van der Waals surface area contributed by atoms with Gasteiger partial charge in [0.05, 0.1) is 0 Å². The second kappa shape index (κ2) is 6.02. The number of nitrogens with zero attached hydrogens (tertiary/aromatic N) is 1. The van der Waals surface area contributed by atoms with Gasteiger partial charge < -0.3 is 5.32 Å². The van der Waals surface area contributed by atoms with Crippen LogP contribution in [0.5, 0.6) is 0 Å². The fourth-order valence-electron chi connectivity index (χ4n) is 3.64. The molecule has 1 saturated carbocycles. The van der Waals surface area contributed by atoms with Crippen molar-refractivity contribution in [1.82, 2.24) is 10.2 Å². The third kappa shape index (κ3) is 2.78. The molecule has 16 heavy (non-hydrogen) atoms. The molecule has 3 unspecified atom stereocenters. The fourth-order valence-corrected chi connectivity index (χ4v) is 3.64. The highest BCUT2D eigenvalue weighted by atomic mass is 15.2. The molecule has 2 fully saturated rings. The fraction of sp³-hybridized carbons (Fsp3) is 1.00. The van der Waals surface area contributed by atoms with Gasteiger partial charge in [0.15, 0.2) is 0 Å². The van der Waals surface area contributed by atoms with E-state index in [1.807, 2.05) is 0 Å². The molecule has 94 valence electrons. The van der Waals surface area contributed by atoms with Crippen molar-refractivity contribution < 1.29 is 0 Å². The molecule has 2 rings (SSSR count). The van der Waals surface area contributed by atoms with Gasteiger partial charge in [-0.1, -0.05) is 26.7 Å². The SMILES string of the molecule is CCNC(CC)CN1CCC2CCCCC21. The van der Waals surface area contributed by atoms with Gasteiger partial charge in [-0.25, -0.2) is 0 Å². The maximum absolute atomic E-state index is 3.61. The predicted octanol–water partition coefficient (Wildman–Crippen LogP) is 2.64. The summed E-state index contributed by atoms with van der Waals surface area (Å²) in [4.78, 5) is 2.78. The van der Waals surface area contributed by atoms with Crippen LogP contribution in [0, 0.1) is 5.92 Å². The monoisotopic (exact) mass is 224 g/mol. The van der Waals surface area contributed by atoms with Crippen molar-refractivity contribution in [2.24, 2.45) is 5.92 Å². The van der Waals surface area contributed by atoms with Crippen LogP contribution >= 0.6 is 0 Å². The van der Waals surface area contributed by atoms with Crippen LogP contribution in [-0.2, 0) is 0 Å². The molecule has 1 N–H and O–H groups in total. The number of likely N-dealkylation sites (N-methyl/N-ethyl adjacent to an activating group) is 1. The number of hydrogen-bond acceptors (Lipinski definition) is 2. The Morgan fingerprint density at radius 2 is 2.00 bits per heavy atom. The van der Waals surface area contributed by atoms with E-state index in [1.165, 1.54) is 51.6 Å². The number of likely N-dealkylation sites (tertiary alicyclic amines) is 1. The van der Waals surface area contributed by atoms with E-state index < -0.39 is 0 Å². The van der Waals surface area contributed by atoms with Gasteiger partial charge in [0.2, 0.25) is 0 Å². The second-order valence-corrected chi connectivity index (χ2v) is 5.56. The van der Waals surface area contributed by atoms with Crippen molar-refractivity contribution in [2.45, 2.75) is 64.5 Å². The number of rotatable bonds is 5. The Balaban J connectivity index is 1.84. The zero-order chi connectivity index (χ0) is 11.4. The quantitative estimate of drug-likeness (QED) is 0.772. The molecule has 0 aromatic carbocycles. The minimum absolute atomic E-state index is 0.714. The Bertz CT molecular complexity index is 205. The van der Waals surface area contributed by atoms with Crippen molar-refractivity contribution in [1.29, 1.82) is 0 Å². The van der Waals surface area contributed by atoms with E-state index in [0.29, 0.717) is 6.04 Å². The van der Waals surface area contributed by atoms with Crippen LogP contribution in [0.2, 0.25) is 0 Å². The lowest BCUT2D eigenvalue weighted by atomic mass is 9.85. The Morgan fingerprint density at radius 3 is 2.75 bits per heavy atom. The summed E-state index contributed by atoms with van der Waals surface area (Å²) in [5, 5.41) is 3.61. The van der Waals surface area contributed by atoms with Gasteiger partial charge in [-0.3, -0.25) is 4.90 Å². The van der Waals surface area contributed by atoms with Crippen LogP contribution in [0.15, 0.2) is 0 Å². The molecule has 0 aromatic rings. The summed E-state index contributed by atoms with van der Waals surface area (Å²) in [7, 11) is 0. The largest absolute Gasteiger partial charge is 0.313 e. The summed E-state index contributed by atoms with van der Waals surface area (Å²) in [6, 6.07) is 1.65. The van der Waals surface area contributed by atoms with E-state index in [0.717, 1.165) is 18.5 Å². The van der Waals surface area contributed by atoms with Crippen LogP contribution in [0.1, 0.15) is 52.4 Å². The minimum atomic E-state index is 0.714. The van der Waals surface area contributed by atoms with E-state index >= 15 is 0 Å². The Kier molecular flexibility index (Phi) is 4.66. The lowest BCUT2D eigenvalue weighted by Gasteiger charge is -2.34. The van der Waals surface area contributed by atoms with Crippen molar-refractivity contribution in [3.63, 3.8) is 0 Å². The highest BCUT2D eigenvalue weighted by Crippen LogP contribution is 2.36. The van der Waals surface area contributed by atoms with Gasteiger partial charge in [0, 0.05) is 18.6 Å². The molecule has 0 aromatic heterocycles. The van der Waals surface area contributed by atoms with Gasteiger partial charge in [0.1, 0.15) is 0 Å². The summed E-state index contributed by atoms with van der Waals surface area (Å²) in [6.45, 7) is 8.28. The molecule has 0 amide bonds. The molecular formula is C14H28N2. The highest BCUT2D eigenvalue weighted by molar-refractivity contribution is 4.91. The Labute approximate surface area is 101 Å². The summed E-state index contributed by atoms with van der Waals surface area (Å²) < 4.78 is 0. The molecule has 2 aliphatic rings. The molecule has 2 nitrogen and oxygen atoms in total. The average Bonchev–Trinajstić information content (AvgIpc) is 2.72.